The minimum absolute atomic E-state index is 0.174. The molecule has 4 heteroatoms. The van der Waals surface area contributed by atoms with Crippen LogP contribution in [0.25, 0.3) is 0 Å². The molecule has 19 heavy (non-hydrogen) atoms. The third kappa shape index (κ3) is 6.25. The number of aryl methyl sites for hydroxylation is 1. The Morgan fingerprint density at radius 2 is 1.89 bits per heavy atom. The summed E-state index contributed by atoms with van der Waals surface area (Å²) < 4.78 is 0. The smallest absolute Gasteiger partial charge is 0.136 e. The number of amidine groups is 1. The molecule has 1 aromatic carbocycles. The average molecular weight is 264 g/mol. The third-order valence-corrected chi connectivity index (χ3v) is 2.77. The highest BCUT2D eigenvalue weighted by molar-refractivity contribution is 5.81. The molecule has 1 rings (SSSR count). The Balaban J connectivity index is 0.00000154. The van der Waals surface area contributed by atoms with Gasteiger partial charge in [0.2, 0.25) is 0 Å². The minimum Gasteiger partial charge on any atom is -0.322 e. The van der Waals surface area contributed by atoms with Crippen molar-refractivity contribution in [2.75, 3.05) is 0 Å². The van der Waals surface area contributed by atoms with Gasteiger partial charge in [-0.2, -0.15) is 5.10 Å². The summed E-state index contributed by atoms with van der Waals surface area (Å²) in [6, 6.07) is 8.58. The molecule has 0 radical (unpaired) electrons. The van der Waals surface area contributed by atoms with Gasteiger partial charge in [0.1, 0.15) is 5.84 Å². The number of benzene rings is 1. The van der Waals surface area contributed by atoms with Gasteiger partial charge in [-0.1, -0.05) is 58.9 Å². The zero-order valence-corrected chi connectivity index (χ0v) is 12.8. The van der Waals surface area contributed by atoms with E-state index in [0.717, 1.165) is 12.8 Å². The number of rotatable bonds is 3. The Morgan fingerprint density at radius 3 is 2.37 bits per heavy atom. The Morgan fingerprint density at radius 1 is 1.26 bits per heavy atom. The Hall–Kier alpha value is -1.55. The number of hydrogen-bond acceptors (Lipinski definition) is 3. The molecule has 4 nitrogen and oxygen atoms in total. The maximum Gasteiger partial charge on any atom is 0.136 e. The van der Waals surface area contributed by atoms with Crippen molar-refractivity contribution in [1.82, 2.24) is 5.43 Å². The van der Waals surface area contributed by atoms with Crippen molar-refractivity contribution in [3.05, 3.63) is 35.4 Å². The first-order chi connectivity index (χ1) is 8.97. The van der Waals surface area contributed by atoms with Gasteiger partial charge in [0.15, 0.2) is 0 Å². The van der Waals surface area contributed by atoms with E-state index in [9.17, 15) is 0 Å². The molecule has 0 fully saturated rings. The van der Waals surface area contributed by atoms with Gasteiger partial charge in [-0.3, -0.25) is 0 Å². The van der Waals surface area contributed by atoms with E-state index >= 15 is 0 Å². The van der Waals surface area contributed by atoms with Crippen molar-refractivity contribution in [3.63, 3.8) is 0 Å². The molecule has 5 N–H and O–H groups in total. The summed E-state index contributed by atoms with van der Waals surface area (Å²) in [5.74, 6) is 11.1. The molecular formula is C15H28N4. The number of nitrogens with two attached hydrogens (primary N) is 2. The molecule has 0 spiro atoms. The molecule has 0 heterocycles. The normalized spacial score (nSPS) is 11.6. The summed E-state index contributed by atoms with van der Waals surface area (Å²) in [7, 11) is 0. The first kappa shape index (κ1) is 17.4. The molecule has 0 aliphatic heterocycles. The zero-order chi connectivity index (χ0) is 14.9. The second-order valence-electron chi connectivity index (χ2n) is 5.17. The van der Waals surface area contributed by atoms with Crippen molar-refractivity contribution >= 4 is 5.84 Å². The first-order valence-corrected chi connectivity index (χ1v) is 6.80. The molecular weight excluding hydrogens is 236 g/mol. The van der Waals surface area contributed by atoms with Crippen LogP contribution in [-0.2, 0) is 11.8 Å². The van der Waals surface area contributed by atoms with Crippen LogP contribution in [0.3, 0.4) is 0 Å². The van der Waals surface area contributed by atoms with Crippen molar-refractivity contribution in [2.45, 2.75) is 52.9 Å². The van der Waals surface area contributed by atoms with Gasteiger partial charge in [-0.15, -0.1) is 0 Å². The first-order valence-electron chi connectivity index (χ1n) is 6.80. The zero-order valence-electron chi connectivity index (χ0n) is 12.8. The van der Waals surface area contributed by atoms with Crippen LogP contribution in [0.1, 0.15) is 52.2 Å². The van der Waals surface area contributed by atoms with E-state index in [1.807, 2.05) is 13.8 Å². The summed E-state index contributed by atoms with van der Waals surface area (Å²) in [5, 5.41) is 3.57. The van der Waals surface area contributed by atoms with Crippen molar-refractivity contribution in [1.29, 1.82) is 0 Å². The van der Waals surface area contributed by atoms with Crippen molar-refractivity contribution in [2.24, 2.45) is 16.8 Å². The van der Waals surface area contributed by atoms with E-state index in [1.54, 1.807) is 0 Å². The summed E-state index contributed by atoms with van der Waals surface area (Å²) in [6.45, 7) is 10.6. The molecule has 0 aliphatic rings. The molecule has 0 aromatic heterocycles. The third-order valence-electron chi connectivity index (χ3n) is 2.77. The van der Waals surface area contributed by atoms with Crippen LogP contribution >= 0.6 is 0 Å². The van der Waals surface area contributed by atoms with Gasteiger partial charge in [0.05, 0.1) is 0 Å². The van der Waals surface area contributed by atoms with Crippen LogP contribution in [0.4, 0.5) is 0 Å². The van der Waals surface area contributed by atoms with Crippen LogP contribution in [0.15, 0.2) is 29.4 Å². The van der Waals surface area contributed by atoms with Crippen LogP contribution in [0.5, 0.6) is 0 Å². The SMILES string of the molecule is CC.CC(C)(C)c1cccc(CC/C(=N/N)NN)c1. The van der Waals surface area contributed by atoms with Crippen LogP contribution in [0, 0.1) is 0 Å². The van der Waals surface area contributed by atoms with E-state index in [1.165, 1.54) is 11.1 Å². The van der Waals surface area contributed by atoms with E-state index in [2.05, 4.69) is 55.6 Å². The highest BCUT2D eigenvalue weighted by atomic mass is 15.3. The topological polar surface area (TPSA) is 76.4 Å². The predicted octanol–water partition coefficient (Wildman–Crippen LogP) is 2.68. The van der Waals surface area contributed by atoms with E-state index in [-0.39, 0.29) is 5.41 Å². The maximum atomic E-state index is 5.29. The quantitative estimate of drug-likeness (QED) is 0.340. The second-order valence-corrected chi connectivity index (χ2v) is 5.17. The van der Waals surface area contributed by atoms with E-state index in [0.29, 0.717) is 5.84 Å². The van der Waals surface area contributed by atoms with Crippen LogP contribution in [0.2, 0.25) is 0 Å². The monoisotopic (exact) mass is 264 g/mol. The number of nitrogens with zero attached hydrogens (tertiary/aromatic N) is 1. The van der Waals surface area contributed by atoms with E-state index in [4.69, 9.17) is 11.7 Å². The number of hydrazone groups is 1. The average Bonchev–Trinajstić information content (AvgIpc) is 2.41. The molecule has 0 aliphatic carbocycles. The Kier molecular flexibility index (Phi) is 7.84. The summed E-state index contributed by atoms with van der Waals surface area (Å²) in [4.78, 5) is 0. The number of hydrogen-bond donors (Lipinski definition) is 3. The minimum atomic E-state index is 0.174. The molecule has 0 unspecified atom stereocenters. The number of hydrazine groups is 1. The largest absolute Gasteiger partial charge is 0.322 e. The van der Waals surface area contributed by atoms with Crippen molar-refractivity contribution in [3.8, 4) is 0 Å². The van der Waals surface area contributed by atoms with Gasteiger partial charge >= 0.3 is 0 Å². The van der Waals surface area contributed by atoms with Crippen LogP contribution < -0.4 is 17.1 Å². The van der Waals surface area contributed by atoms with Gasteiger partial charge in [0, 0.05) is 6.42 Å². The maximum absolute atomic E-state index is 5.29. The predicted molar refractivity (Wildman–Crippen MR) is 83.8 cm³/mol. The van der Waals surface area contributed by atoms with Crippen LogP contribution in [-0.4, -0.2) is 5.84 Å². The van der Waals surface area contributed by atoms with Gasteiger partial charge < -0.3 is 11.3 Å². The number of nitrogens with one attached hydrogen (secondary N) is 1. The molecule has 0 atom stereocenters. The molecule has 0 saturated heterocycles. The molecule has 0 amide bonds. The lowest BCUT2D eigenvalue weighted by atomic mass is 9.86. The molecule has 0 saturated carbocycles. The summed E-state index contributed by atoms with van der Waals surface area (Å²) in [5.41, 5.74) is 5.27. The highest BCUT2D eigenvalue weighted by Gasteiger charge is 2.13. The highest BCUT2D eigenvalue weighted by Crippen LogP contribution is 2.23. The molecule has 1 aromatic rings. The standard InChI is InChI=1S/C13H22N4.C2H6/c1-13(2,3)11-6-4-5-10(9-11)7-8-12(16-14)17-15;1-2/h4-6,9H,7-8,14-15H2,1-3H3,(H,16,17);1-2H3. The Labute approximate surface area is 117 Å². The summed E-state index contributed by atoms with van der Waals surface area (Å²) >= 11 is 0. The summed E-state index contributed by atoms with van der Waals surface area (Å²) in [6.07, 6.45) is 1.60. The fourth-order valence-electron chi connectivity index (χ4n) is 1.63. The lowest BCUT2D eigenvalue weighted by molar-refractivity contribution is 0.589. The van der Waals surface area contributed by atoms with Crippen molar-refractivity contribution < 1.29 is 0 Å². The lowest BCUT2D eigenvalue weighted by Gasteiger charge is -2.19. The van der Waals surface area contributed by atoms with Gasteiger partial charge in [-0.25, -0.2) is 5.84 Å². The van der Waals surface area contributed by atoms with Gasteiger partial charge in [-0.05, 0) is 23.0 Å². The molecule has 108 valence electrons. The van der Waals surface area contributed by atoms with Gasteiger partial charge in [0.25, 0.3) is 0 Å². The second kappa shape index (κ2) is 8.53. The lowest BCUT2D eigenvalue weighted by Crippen LogP contribution is -2.31. The molecule has 0 bridgehead atoms. The Bertz CT molecular complexity index is 391. The fraction of sp³-hybridized carbons (Fsp3) is 0.533. The van der Waals surface area contributed by atoms with E-state index < -0.39 is 0 Å². The fourth-order valence-corrected chi connectivity index (χ4v) is 1.63.